The number of nitrogens with one attached hydrogen (secondary N) is 2. The lowest BCUT2D eigenvalue weighted by molar-refractivity contribution is -0.115. The van der Waals surface area contributed by atoms with Gasteiger partial charge in [0, 0.05) is 36.5 Å². The second-order valence-electron chi connectivity index (χ2n) is 5.45. The van der Waals surface area contributed by atoms with E-state index in [1.807, 2.05) is 31.2 Å². The molecule has 2 aromatic rings. The Hall–Kier alpha value is -2.89. The molecular formula is C19H24N2O4. The van der Waals surface area contributed by atoms with Crippen LogP contribution < -0.4 is 24.8 Å². The van der Waals surface area contributed by atoms with Gasteiger partial charge in [-0.1, -0.05) is 18.2 Å². The summed E-state index contributed by atoms with van der Waals surface area (Å²) in [4.78, 5) is 12.1. The zero-order valence-electron chi connectivity index (χ0n) is 15.0. The van der Waals surface area contributed by atoms with Crippen LogP contribution in [0.5, 0.6) is 17.2 Å². The number of carbonyl (C=O) groups excluding carboxylic acids is 1. The Morgan fingerprint density at radius 3 is 2.20 bits per heavy atom. The molecule has 0 aliphatic rings. The highest BCUT2D eigenvalue weighted by Crippen LogP contribution is 2.39. The minimum absolute atomic E-state index is 0.0470. The van der Waals surface area contributed by atoms with Crippen molar-refractivity contribution in [3.8, 4) is 17.2 Å². The highest BCUT2D eigenvalue weighted by Gasteiger charge is 2.13. The first-order valence-corrected chi connectivity index (χ1v) is 7.98. The molecule has 0 bridgehead atoms. The molecular weight excluding hydrogens is 320 g/mol. The van der Waals surface area contributed by atoms with Crippen LogP contribution in [0.1, 0.15) is 12.0 Å². The molecule has 0 unspecified atom stereocenters. The number of carbonyl (C=O) groups is 1. The average Bonchev–Trinajstić information content (AvgIpc) is 2.62. The number of anilines is 2. The van der Waals surface area contributed by atoms with E-state index in [-0.39, 0.29) is 5.91 Å². The van der Waals surface area contributed by atoms with Gasteiger partial charge in [-0.25, -0.2) is 0 Å². The van der Waals surface area contributed by atoms with Crippen LogP contribution in [0.15, 0.2) is 36.4 Å². The fourth-order valence-electron chi connectivity index (χ4n) is 2.43. The van der Waals surface area contributed by atoms with Crippen molar-refractivity contribution in [3.63, 3.8) is 0 Å². The van der Waals surface area contributed by atoms with Gasteiger partial charge >= 0.3 is 0 Å². The van der Waals surface area contributed by atoms with Gasteiger partial charge in [0.25, 0.3) is 0 Å². The van der Waals surface area contributed by atoms with Crippen LogP contribution in [0.3, 0.4) is 0 Å². The van der Waals surface area contributed by atoms with Gasteiger partial charge in [-0.3, -0.25) is 4.79 Å². The zero-order valence-corrected chi connectivity index (χ0v) is 15.0. The lowest BCUT2D eigenvalue weighted by Crippen LogP contribution is -2.16. The van der Waals surface area contributed by atoms with Gasteiger partial charge in [-0.05, 0) is 18.6 Å². The van der Waals surface area contributed by atoms with Crippen molar-refractivity contribution >= 4 is 17.3 Å². The molecule has 0 atom stereocenters. The molecule has 0 saturated carbocycles. The number of amides is 1. The van der Waals surface area contributed by atoms with Gasteiger partial charge in [0.2, 0.25) is 11.7 Å². The average molecular weight is 344 g/mol. The maximum absolute atomic E-state index is 12.1. The summed E-state index contributed by atoms with van der Waals surface area (Å²) in [6.07, 6.45) is 0.338. The van der Waals surface area contributed by atoms with Crippen molar-refractivity contribution in [1.29, 1.82) is 0 Å². The van der Waals surface area contributed by atoms with Crippen LogP contribution in [0.25, 0.3) is 0 Å². The molecule has 2 N–H and O–H groups in total. The van der Waals surface area contributed by atoms with Crippen molar-refractivity contribution < 1.29 is 19.0 Å². The molecule has 0 aliphatic heterocycles. The Morgan fingerprint density at radius 2 is 1.64 bits per heavy atom. The Balaban J connectivity index is 1.95. The van der Waals surface area contributed by atoms with Gasteiger partial charge in [-0.15, -0.1) is 0 Å². The second-order valence-corrected chi connectivity index (χ2v) is 5.45. The molecule has 0 heterocycles. The van der Waals surface area contributed by atoms with E-state index in [2.05, 4.69) is 10.6 Å². The molecule has 0 aromatic heterocycles. The molecule has 1 amide bonds. The minimum atomic E-state index is -0.0470. The van der Waals surface area contributed by atoms with E-state index in [1.54, 1.807) is 33.5 Å². The Morgan fingerprint density at radius 1 is 1.00 bits per heavy atom. The third-order valence-corrected chi connectivity index (χ3v) is 3.77. The molecule has 2 aromatic carbocycles. The van der Waals surface area contributed by atoms with Crippen LogP contribution in [-0.4, -0.2) is 33.8 Å². The number of hydrogen-bond donors (Lipinski definition) is 2. The van der Waals surface area contributed by atoms with Crippen LogP contribution >= 0.6 is 0 Å². The number of aryl methyl sites for hydroxylation is 1. The maximum atomic E-state index is 12.1. The van der Waals surface area contributed by atoms with Crippen LogP contribution in [0, 0.1) is 6.92 Å². The summed E-state index contributed by atoms with van der Waals surface area (Å²) in [5.74, 6) is 1.62. The van der Waals surface area contributed by atoms with Crippen molar-refractivity contribution in [3.05, 3.63) is 42.0 Å². The fourth-order valence-corrected chi connectivity index (χ4v) is 2.43. The predicted octanol–water partition coefficient (Wildman–Crippen LogP) is 3.46. The molecule has 25 heavy (non-hydrogen) atoms. The number of benzene rings is 2. The monoisotopic (exact) mass is 344 g/mol. The summed E-state index contributed by atoms with van der Waals surface area (Å²) in [5.41, 5.74) is 2.66. The normalized spacial score (nSPS) is 10.1. The number of ether oxygens (including phenoxy) is 3. The second kappa shape index (κ2) is 8.82. The van der Waals surface area contributed by atoms with Gasteiger partial charge in [0.15, 0.2) is 11.5 Å². The summed E-state index contributed by atoms with van der Waals surface area (Å²) in [5, 5.41) is 6.11. The first-order chi connectivity index (χ1) is 12.1. The highest BCUT2D eigenvalue weighted by molar-refractivity contribution is 5.91. The SMILES string of the molecule is COc1cc(NCCC(=O)Nc2ccccc2C)cc(OC)c1OC. The van der Waals surface area contributed by atoms with Gasteiger partial charge in [0.1, 0.15) is 0 Å². The first-order valence-electron chi connectivity index (χ1n) is 7.98. The number of methoxy groups -OCH3 is 3. The molecule has 0 radical (unpaired) electrons. The van der Waals surface area contributed by atoms with E-state index in [9.17, 15) is 4.79 Å². The lowest BCUT2D eigenvalue weighted by Gasteiger charge is -2.15. The fraction of sp³-hybridized carbons (Fsp3) is 0.316. The molecule has 134 valence electrons. The summed E-state index contributed by atoms with van der Waals surface area (Å²) in [7, 11) is 4.69. The Bertz CT molecular complexity index is 706. The van der Waals surface area contributed by atoms with Crippen LogP contribution in [0.2, 0.25) is 0 Å². The molecule has 6 heteroatoms. The molecule has 0 spiro atoms. The number of hydrogen-bond acceptors (Lipinski definition) is 5. The molecule has 0 saturated heterocycles. The summed E-state index contributed by atoms with van der Waals surface area (Å²) < 4.78 is 15.9. The van der Waals surface area contributed by atoms with Crippen molar-refractivity contribution in [2.45, 2.75) is 13.3 Å². The van der Waals surface area contributed by atoms with E-state index in [0.29, 0.717) is 30.2 Å². The van der Waals surface area contributed by atoms with Gasteiger partial charge in [0.05, 0.1) is 21.3 Å². The van der Waals surface area contributed by atoms with Crippen LogP contribution in [0.4, 0.5) is 11.4 Å². The van der Waals surface area contributed by atoms with Crippen molar-refractivity contribution in [1.82, 2.24) is 0 Å². The standard InChI is InChI=1S/C19H24N2O4/c1-13-7-5-6-8-15(13)21-18(22)9-10-20-14-11-16(23-2)19(25-4)17(12-14)24-3/h5-8,11-12,20H,9-10H2,1-4H3,(H,21,22). The van der Waals surface area contributed by atoms with Gasteiger partial charge < -0.3 is 24.8 Å². The molecule has 0 aliphatic carbocycles. The quantitative estimate of drug-likeness (QED) is 0.767. The highest BCUT2D eigenvalue weighted by atomic mass is 16.5. The summed E-state index contributed by atoms with van der Waals surface area (Å²) in [6.45, 7) is 2.44. The predicted molar refractivity (Wildman–Crippen MR) is 99.0 cm³/mol. The van der Waals surface area contributed by atoms with Crippen molar-refractivity contribution in [2.75, 3.05) is 38.5 Å². The third-order valence-electron chi connectivity index (χ3n) is 3.77. The topological polar surface area (TPSA) is 68.8 Å². The van der Waals surface area contributed by atoms with Gasteiger partial charge in [-0.2, -0.15) is 0 Å². The lowest BCUT2D eigenvalue weighted by atomic mass is 10.2. The zero-order chi connectivity index (χ0) is 18.2. The third kappa shape index (κ3) is 4.79. The minimum Gasteiger partial charge on any atom is -0.493 e. The maximum Gasteiger partial charge on any atom is 0.226 e. The Kier molecular flexibility index (Phi) is 6.51. The molecule has 6 nitrogen and oxygen atoms in total. The van der Waals surface area contributed by atoms with E-state index in [0.717, 1.165) is 16.9 Å². The smallest absolute Gasteiger partial charge is 0.226 e. The Labute approximate surface area is 148 Å². The van der Waals surface area contributed by atoms with E-state index in [1.165, 1.54) is 0 Å². The number of rotatable bonds is 8. The van der Waals surface area contributed by atoms with E-state index < -0.39 is 0 Å². The van der Waals surface area contributed by atoms with E-state index in [4.69, 9.17) is 14.2 Å². The first kappa shape index (κ1) is 18.4. The summed E-state index contributed by atoms with van der Waals surface area (Å²) in [6, 6.07) is 11.3. The van der Waals surface area contributed by atoms with E-state index >= 15 is 0 Å². The van der Waals surface area contributed by atoms with Crippen LogP contribution in [-0.2, 0) is 4.79 Å². The van der Waals surface area contributed by atoms with Crippen molar-refractivity contribution in [2.24, 2.45) is 0 Å². The molecule has 0 fully saturated rings. The summed E-state index contributed by atoms with van der Waals surface area (Å²) >= 11 is 0. The largest absolute Gasteiger partial charge is 0.493 e. The number of para-hydroxylation sites is 1. The molecule has 2 rings (SSSR count).